The Morgan fingerprint density at radius 2 is 1.25 bits per heavy atom. The highest BCUT2D eigenvalue weighted by Crippen LogP contribution is 2.33. The number of nitrogens with one attached hydrogen (secondary N) is 3. The van der Waals surface area contributed by atoms with Crippen molar-refractivity contribution in [3.63, 3.8) is 0 Å². The standard InChI is InChI=1S/C21H17FN4O2/c22-13-3-7-15(8-4-13)25-19-10-17-16(20(27)26-21(17)28)9-18(19)24-14-5-1-12(11-23)2-6-14/h1-10,24-25H,11,23H2,(H,26,27,28). The van der Waals surface area contributed by atoms with Gasteiger partial charge < -0.3 is 16.4 Å². The molecule has 1 aliphatic rings. The van der Waals surface area contributed by atoms with Crippen molar-refractivity contribution in [2.75, 3.05) is 10.6 Å². The molecule has 1 heterocycles. The molecule has 28 heavy (non-hydrogen) atoms. The van der Waals surface area contributed by atoms with Crippen LogP contribution in [0, 0.1) is 5.82 Å². The summed E-state index contributed by atoms with van der Waals surface area (Å²) in [6, 6.07) is 16.6. The molecular formula is C21H17FN4O2. The molecule has 1 aliphatic heterocycles. The third-order valence-electron chi connectivity index (χ3n) is 4.47. The predicted octanol–water partition coefficient (Wildman–Crippen LogP) is 3.66. The third-order valence-corrected chi connectivity index (χ3v) is 4.47. The molecule has 0 spiro atoms. The molecule has 0 saturated heterocycles. The lowest BCUT2D eigenvalue weighted by molar-refractivity contribution is 0.0879. The zero-order chi connectivity index (χ0) is 19.7. The minimum atomic E-state index is -0.444. The number of rotatable bonds is 5. The molecule has 0 unspecified atom stereocenters. The third kappa shape index (κ3) is 3.43. The first kappa shape index (κ1) is 17.7. The maximum absolute atomic E-state index is 13.2. The van der Waals surface area contributed by atoms with Crippen molar-refractivity contribution in [2.24, 2.45) is 5.73 Å². The molecule has 4 rings (SSSR count). The molecule has 0 aromatic heterocycles. The summed E-state index contributed by atoms with van der Waals surface area (Å²) >= 11 is 0. The number of amides is 2. The van der Waals surface area contributed by atoms with Gasteiger partial charge in [0.05, 0.1) is 22.5 Å². The van der Waals surface area contributed by atoms with Crippen molar-refractivity contribution in [3.05, 3.63) is 83.2 Å². The molecular weight excluding hydrogens is 359 g/mol. The van der Waals surface area contributed by atoms with E-state index in [9.17, 15) is 14.0 Å². The number of halogens is 1. The van der Waals surface area contributed by atoms with Crippen LogP contribution in [0.4, 0.5) is 27.1 Å². The summed E-state index contributed by atoms with van der Waals surface area (Å²) in [6.45, 7) is 0.443. The summed E-state index contributed by atoms with van der Waals surface area (Å²) < 4.78 is 13.2. The van der Waals surface area contributed by atoms with E-state index in [4.69, 9.17) is 5.73 Å². The molecule has 6 nitrogen and oxygen atoms in total. The number of hydrogen-bond donors (Lipinski definition) is 4. The van der Waals surface area contributed by atoms with Gasteiger partial charge in [-0.1, -0.05) is 12.1 Å². The average Bonchev–Trinajstić information content (AvgIpc) is 2.97. The summed E-state index contributed by atoms with van der Waals surface area (Å²) in [4.78, 5) is 24.1. The molecule has 0 bridgehead atoms. The van der Waals surface area contributed by atoms with E-state index in [0.29, 0.717) is 34.7 Å². The first-order valence-electron chi connectivity index (χ1n) is 8.66. The van der Waals surface area contributed by atoms with Gasteiger partial charge in [-0.15, -0.1) is 0 Å². The van der Waals surface area contributed by atoms with Gasteiger partial charge in [0.1, 0.15) is 5.82 Å². The van der Waals surface area contributed by atoms with Crippen molar-refractivity contribution in [1.29, 1.82) is 0 Å². The normalized spacial score (nSPS) is 12.5. The number of hydrogen-bond acceptors (Lipinski definition) is 5. The van der Waals surface area contributed by atoms with Gasteiger partial charge >= 0.3 is 0 Å². The van der Waals surface area contributed by atoms with Crippen LogP contribution in [0.25, 0.3) is 0 Å². The molecule has 3 aromatic carbocycles. The lowest BCUT2D eigenvalue weighted by Gasteiger charge is -2.16. The van der Waals surface area contributed by atoms with Crippen LogP contribution in [0.2, 0.25) is 0 Å². The Morgan fingerprint density at radius 1 is 0.786 bits per heavy atom. The molecule has 5 N–H and O–H groups in total. The highest BCUT2D eigenvalue weighted by Gasteiger charge is 2.28. The summed E-state index contributed by atoms with van der Waals surface area (Å²) in [5.74, 6) is -1.22. The zero-order valence-corrected chi connectivity index (χ0v) is 14.8. The smallest absolute Gasteiger partial charge is 0.259 e. The Labute approximate surface area is 160 Å². The lowest BCUT2D eigenvalue weighted by atomic mass is 10.1. The fraction of sp³-hybridized carbons (Fsp3) is 0.0476. The monoisotopic (exact) mass is 376 g/mol. The number of anilines is 4. The Balaban J connectivity index is 1.73. The number of nitrogens with two attached hydrogens (primary N) is 1. The van der Waals surface area contributed by atoms with Crippen molar-refractivity contribution < 1.29 is 14.0 Å². The van der Waals surface area contributed by atoms with E-state index in [0.717, 1.165) is 11.3 Å². The zero-order valence-electron chi connectivity index (χ0n) is 14.8. The van der Waals surface area contributed by atoms with Crippen molar-refractivity contribution in [2.45, 2.75) is 6.54 Å². The molecule has 2 amide bonds. The topological polar surface area (TPSA) is 96.2 Å². The molecule has 0 saturated carbocycles. The van der Waals surface area contributed by atoms with E-state index in [1.807, 2.05) is 24.3 Å². The second-order valence-corrected chi connectivity index (χ2v) is 6.38. The number of benzene rings is 3. The van der Waals surface area contributed by atoms with Crippen molar-refractivity contribution >= 4 is 34.6 Å². The minimum Gasteiger partial charge on any atom is -0.354 e. The van der Waals surface area contributed by atoms with Crippen molar-refractivity contribution in [1.82, 2.24) is 5.32 Å². The van der Waals surface area contributed by atoms with Crippen molar-refractivity contribution in [3.8, 4) is 0 Å². The summed E-state index contributed by atoms with van der Waals surface area (Å²) in [5, 5.41) is 8.71. The molecule has 0 radical (unpaired) electrons. The molecule has 0 atom stereocenters. The fourth-order valence-corrected chi connectivity index (χ4v) is 2.99. The molecule has 140 valence electrons. The molecule has 7 heteroatoms. The first-order chi connectivity index (χ1) is 13.5. The van der Waals surface area contributed by atoms with Gasteiger partial charge in [-0.2, -0.15) is 0 Å². The van der Waals surface area contributed by atoms with E-state index in [1.54, 1.807) is 24.3 Å². The van der Waals surface area contributed by atoms with Crippen LogP contribution >= 0.6 is 0 Å². The van der Waals surface area contributed by atoms with Gasteiger partial charge in [0.25, 0.3) is 11.8 Å². The quantitative estimate of drug-likeness (QED) is 0.510. The first-order valence-corrected chi connectivity index (χ1v) is 8.66. The van der Waals surface area contributed by atoms with Crippen LogP contribution in [0.15, 0.2) is 60.7 Å². The fourth-order valence-electron chi connectivity index (χ4n) is 2.99. The number of imide groups is 1. The van der Waals surface area contributed by atoms with Crippen LogP contribution < -0.4 is 21.7 Å². The van der Waals surface area contributed by atoms with Gasteiger partial charge in [-0.3, -0.25) is 14.9 Å². The average molecular weight is 376 g/mol. The summed E-state index contributed by atoms with van der Waals surface area (Å²) in [5.41, 5.74) is 9.84. The Kier molecular flexibility index (Phi) is 4.50. The molecule has 3 aromatic rings. The van der Waals surface area contributed by atoms with E-state index >= 15 is 0 Å². The SMILES string of the molecule is NCc1ccc(Nc2cc3c(cc2Nc2ccc(F)cc2)C(=O)NC3=O)cc1. The maximum atomic E-state index is 13.2. The van der Waals surface area contributed by atoms with Gasteiger partial charge in [-0.05, 0) is 54.1 Å². The lowest BCUT2D eigenvalue weighted by Crippen LogP contribution is -2.19. The summed E-state index contributed by atoms with van der Waals surface area (Å²) in [6.07, 6.45) is 0. The van der Waals surface area contributed by atoms with Crippen LogP contribution in [0.5, 0.6) is 0 Å². The number of carbonyl (C=O) groups excluding carboxylic acids is 2. The largest absolute Gasteiger partial charge is 0.354 e. The van der Waals surface area contributed by atoms with Crippen LogP contribution in [-0.2, 0) is 6.54 Å². The Hall–Kier alpha value is -3.71. The van der Waals surface area contributed by atoms with E-state index in [2.05, 4.69) is 16.0 Å². The predicted molar refractivity (Wildman–Crippen MR) is 106 cm³/mol. The van der Waals surface area contributed by atoms with Gasteiger partial charge in [-0.25, -0.2) is 4.39 Å². The highest BCUT2D eigenvalue weighted by atomic mass is 19.1. The van der Waals surface area contributed by atoms with Crippen LogP contribution in [0.1, 0.15) is 26.3 Å². The highest BCUT2D eigenvalue weighted by molar-refractivity contribution is 6.22. The van der Waals surface area contributed by atoms with Gasteiger partial charge in [0, 0.05) is 17.9 Å². The Morgan fingerprint density at radius 3 is 1.71 bits per heavy atom. The second-order valence-electron chi connectivity index (χ2n) is 6.38. The van der Waals surface area contributed by atoms with E-state index in [-0.39, 0.29) is 5.82 Å². The van der Waals surface area contributed by atoms with E-state index < -0.39 is 11.8 Å². The van der Waals surface area contributed by atoms with Crippen LogP contribution in [-0.4, -0.2) is 11.8 Å². The second kappa shape index (κ2) is 7.13. The van der Waals surface area contributed by atoms with E-state index in [1.165, 1.54) is 12.1 Å². The number of carbonyl (C=O) groups is 2. The number of fused-ring (bicyclic) bond motifs is 1. The van der Waals surface area contributed by atoms with Crippen LogP contribution in [0.3, 0.4) is 0 Å². The minimum absolute atomic E-state index is 0.290. The van der Waals surface area contributed by atoms with Gasteiger partial charge in [0.15, 0.2) is 0 Å². The summed E-state index contributed by atoms with van der Waals surface area (Å²) in [7, 11) is 0. The molecule has 0 aliphatic carbocycles. The molecule has 0 fully saturated rings. The van der Waals surface area contributed by atoms with Gasteiger partial charge in [0.2, 0.25) is 0 Å². The Bertz CT molecular complexity index is 1060. The maximum Gasteiger partial charge on any atom is 0.259 e.